The van der Waals surface area contributed by atoms with Gasteiger partial charge in [-0.2, -0.15) is 10.1 Å². The van der Waals surface area contributed by atoms with E-state index in [4.69, 9.17) is 0 Å². The van der Waals surface area contributed by atoms with Crippen LogP contribution in [0.25, 0.3) is 10.9 Å². The van der Waals surface area contributed by atoms with Gasteiger partial charge in [-0.1, -0.05) is 30.4 Å². The van der Waals surface area contributed by atoms with E-state index in [1.54, 1.807) is 6.21 Å². The number of hydrazone groups is 1. The Morgan fingerprint density at radius 3 is 2.42 bits per heavy atom. The highest BCUT2D eigenvalue weighted by molar-refractivity contribution is 6.07. The van der Waals surface area contributed by atoms with Gasteiger partial charge in [0.1, 0.15) is 0 Å². The molecule has 2 aromatic rings. The molecule has 0 radical (unpaired) electrons. The van der Waals surface area contributed by atoms with E-state index in [0.717, 1.165) is 27.2 Å². The fourth-order valence-corrected chi connectivity index (χ4v) is 5.64. The SMILES string of the molecule is Cc1[nH]c2ccccc2c1C=NN1C(=O)[C@@H]2[C@H]3C=C[C@@H]([C@@H]4C[C@@H]34)[C@H]2C1=O. The fraction of sp³-hybridized carbons (Fsp3) is 0.381. The number of hydrogen-bond donors (Lipinski definition) is 1. The van der Waals surface area contributed by atoms with Gasteiger partial charge in [-0.25, -0.2) is 0 Å². The molecule has 1 aromatic heterocycles. The van der Waals surface area contributed by atoms with Crippen LogP contribution in [0.4, 0.5) is 0 Å². The molecular weight excluding hydrogens is 326 g/mol. The number of imide groups is 1. The molecule has 0 unspecified atom stereocenters. The topological polar surface area (TPSA) is 65.5 Å². The molecule has 2 heterocycles. The van der Waals surface area contributed by atoms with Crippen LogP contribution in [-0.2, 0) is 9.59 Å². The predicted molar refractivity (Wildman–Crippen MR) is 97.2 cm³/mol. The van der Waals surface area contributed by atoms with Gasteiger partial charge in [0.2, 0.25) is 0 Å². The maximum absolute atomic E-state index is 13.0. The lowest BCUT2D eigenvalue weighted by molar-refractivity contribution is -0.140. The average Bonchev–Trinajstić information content (AvgIpc) is 3.36. The number of aromatic nitrogens is 1. The molecule has 2 bridgehead atoms. The zero-order valence-electron chi connectivity index (χ0n) is 14.4. The maximum Gasteiger partial charge on any atom is 0.254 e. The molecule has 0 spiro atoms. The number of carbonyl (C=O) groups is 2. The first kappa shape index (κ1) is 14.5. The van der Waals surface area contributed by atoms with Gasteiger partial charge < -0.3 is 4.98 Å². The van der Waals surface area contributed by atoms with Crippen molar-refractivity contribution in [1.82, 2.24) is 9.99 Å². The summed E-state index contributed by atoms with van der Waals surface area (Å²) in [5.41, 5.74) is 2.94. The van der Waals surface area contributed by atoms with Crippen LogP contribution in [-0.4, -0.2) is 28.0 Å². The average molecular weight is 345 g/mol. The molecule has 2 saturated carbocycles. The van der Waals surface area contributed by atoms with Crippen molar-refractivity contribution in [3.05, 3.63) is 47.7 Å². The molecule has 1 N–H and O–H groups in total. The monoisotopic (exact) mass is 345 g/mol. The zero-order chi connectivity index (χ0) is 17.6. The number of nitrogens with one attached hydrogen (secondary N) is 1. The molecule has 3 fully saturated rings. The summed E-state index contributed by atoms with van der Waals surface area (Å²) in [4.78, 5) is 29.2. The number of carbonyl (C=O) groups excluding carboxylic acids is 2. The Hall–Kier alpha value is -2.69. The zero-order valence-corrected chi connectivity index (χ0v) is 14.4. The first-order valence-corrected chi connectivity index (χ1v) is 9.32. The van der Waals surface area contributed by atoms with Crippen molar-refractivity contribution in [1.29, 1.82) is 0 Å². The number of H-pyrrole nitrogens is 1. The number of para-hydroxylation sites is 1. The second-order valence-corrected chi connectivity index (χ2v) is 8.10. The van der Waals surface area contributed by atoms with Crippen molar-refractivity contribution < 1.29 is 9.59 Å². The fourth-order valence-electron chi connectivity index (χ4n) is 5.64. The highest BCUT2D eigenvalue weighted by atomic mass is 16.2. The Balaban J connectivity index is 1.36. The van der Waals surface area contributed by atoms with Crippen LogP contribution in [0.5, 0.6) is 0 Å². The van der Waals surface area contributed by atoms with Crippen LogP contribution < -0.4 is 0 Å². The van der Waals surface area contributed by atoms with Crippen molar-refractivity contribution >= 4 is 28.9 Å². The van der Waals surface area contributed by atoms with E-state index in [-0.39, 0.29) is 35.5 Å². The van der Waals surface area contributed by atoms with Gasteiger partial charge in [-0.3, -0.25) is 9.59 Å². The molecule has 1 aromatic carbocycles. The third-order valence-corrected chi connectivity index (χ3v) is 6.89. The van der Waals surface area contributed by atoms with Crippen LogP contribution in [0.1, 0.15) is 17.7 Å². The number of aryl methyl sites for hydroxylation is 1. The van der Waals surface area contributed by atoms with Crippen molar-refractivity contribution in [2.24, 2.45) is 40.6 Å². The number of aromatic amines is 1. The number of benzene rings is 1. The Bertz CT molecular complexity index is 997. The van der Waals surface area contributed by atoms with Crippen LogP contribution in [0.2, 0.25) is 0 Å². The van der Waals surface area contributed by atoms with E-state index in [0.29, 0.717) is 11.8 Å². The summed E-state index contributed by atoms with van der Waals surface area (Å²) in [7, 11) is 0. The van der Waals surface area contributed by atoms with Crippen LogP contribution in [0.15, 0.2) is 41.5 Å². The second kappa shape index (κ2) is 4.72. The molecule has 5 nitrogen and oxygen atoms in total. The van der Waals surface area contributed by atoms with E-state index in [2.05, 4.69) is 22.2 Å². The van der Waals surface area contributed by atoms with Gasteiger partial charge in [0.15, 0.2) is 0 Å². The normalized spacial score (nSPS) is 37.0. The lowest BCUT2D eigenvalue weighted by Gasteiger charge is -2.37. The van der Waals surface area contributed by atoms with Crippen LogP contribution in [0.3, 0.4) is 0 Å². The van der Waals surface area contributed by atoms with E-state index in [9.17, 15) is 9.59 Å². The minimum absolute atomic E-state index is 0.113. The number of fused-ring (bicyclic) bond motifs is 1. The summed E-state index contributed by atoms with van der Waals surface area (Å²) >= 11 is 0. The van der Waals surface area contributed by atoms with Crippen molar-refractivity contribution in [3.8, 4) is 0 Å². The summed E-state index contributed by atoms with van der Waals surface area (Å²) < 4.78 is 0. The number of amides is 2. The number of rotatable bonds is 2. The Labute approximate surface area is 150 Å². The summed E-state index contributed by atoms with van der Waals surface area (Å²) in [6.07, 6.45) is 7.20. The van der Waals surface area contributed by atoms with Crippen LogP contribution in [0, 0.1) is 42.4 Å². The summed E-state index contributed by atoms with van der Waals surface area (Å²) in [5, 5.41) is 6.56. The Kier molecular flexibility index (Phi) is 2.63. The largest absolute Gasteiger partial charge is 0.358 e. The number of hydrogen-bond acceptors (Lipinski definition) is 3. The minimum Gasteiger partial charge on any atom is -0.358 e. The second-order valence-electron chi connectivity index (χ2n) is 8.10. The van der Waals surface area contributed by atoms with Gasteiger partial charge in [0.25, 0.3) is 11.8 Å². The van der Waals surface area contributed by atoms with Crippen molar-refractivity contribution in [3.63, 3.8) is 0 Å². The van der Waals surface area contributed by atoms with Gasteiger partial charge in [0.05, 0.1) is 18.1 Å². The Morgan fingerprint density at radius 2 is 1.73 bits per heavy atom. The Morgan fingerprint density at radius 1 is 1.08 bits per heavy atom. The molecule has 26 heavy (non-hydrogen) atoms. The molecule has 5 heteroatoms. The molecular formula is C21H19N3O2. The smallest absolute Gasteiger partial charge is 0.254 e. The minimum atomic E-state index is -0.192. The first-order chi connectivity index (χ1) is 12.6. The maximum atomic E-state index is 13.0. The summed E-state index contributed by atoms with van der Waals surface area (Å²) in [6.45, 7) is 1.98. The molecule has 1 aliphatic heterocycles. The standard InChI is InChI=1S/C21H19N3O2/c1-10-16(11-4-2-3-5-17(11)23-10)9-22-24-20(25)18-12-6-7-13(15-8-14(12)15)19(18)21(24)26/h2-7,9,12-15,18-19,23H,8H2,1H3/t12-,13-,14-,15-,18+,19+/m0/s1. The first-order valence-electron chi connectivity index (χ1n) is 9.32. The summed E-state index contributed by atoms with van der Waals surface area (Å²) in [6, 6.07) is 7.98. The molecule has 2 amide bonds. The quantitative estimate of drug-likeness (QED) is 0.517. The molecule has 7 rings (SSSR count). The van der Waals surface area contributed by atoms with Gasteiger partial charge in [-0.05, 0) is 43.1 Å². The molecule has 130 valence electrons. The molecule has 6 atom stereocenters. The van der Waals surface area contributed by atoms with Gasteiger partial charge in [-0.15, -0.1) is 0 Å². The summed E-state index contributed by atoms with van der Waals surface area (Å²) in [5.74, 6) is 1.09. The van der Waals surface area contributed by atoms with Gasteiger partial charge >= 0.3 is 0 Å². The van der Waals surface area contributed by atoms with E-state index in [1.807, 2.05) is 31.2 Å². The number of allylic oxidation sites excluding steroid dienone is 2. The highest BCUT2D eigenvalue weighted by Gasteiger charge is 2.67. The number of nitrogens with zero attached hydrogens (tertiary/aromatic N) is 2. The molecule has 1 saturated heterocycles. The van der Waals surface area contributed by atoms with E-state index >= 15 is 0 Å². The predicted octanol–water partition coefficient (Wildman–Crippen LogP) is 2.86. The van der Waals surface area contributed by atoms with Crippen LogP contribution >= 0.6 is 0 Å². The van der Waals surface area contributed by atoms with E-state index in [1.165, 1.54) is 6.42 Å². The molecule has 5 aliphatic rings. The lowest BCUT2D eigenvalue weighted by atomic mass is 9.63. The van der Waals surface area contributed by atoms with E-state index < -0.39 is 0 Å². The third kappa shape index (κ3) is 1.68. The van der Waals surface area contributed by atoms with Crippen molar-refractivity contribution in [2.45, 2.75) is 13.3 Å². The van der Waals surface area contributed by atoms with Gasteiger partial charge in [0, 0.05) is 22.2 Å². The van der Waals surface area contributed by atoms with Crippen molar-refractivity contribution in [2.75, 3.05) is 0 Å². The third-order valence-electron chi connectivity index (χ3n) is 6.89. The molecule has 4 aliphatic carbocycles. The lowest BCUT2D eigenvalue weighted by Crippen LogP contribution is -2.40. The highest BCUT2D eigenvalue weighted by Crippen LogP contribution is 2.65.